The minimum absolute atomic E-state index is 0. The standard InChI is InChI=1S/C7H5NO4.ClH/c9-6(10)4-2-1-3-5(8-4)7(11)12;/h1-3H,(H,9,10)(H,11,12);1H. The quantitative estimate of drug-likeness (QED) is 0.746. The fraction of sp³-hybridized carbons (Fsp3) is 0. The van der Waals surface area contributed by atoms with E-state index in [9.17, 15) is 9.59 Å². The molecule has 2 N–H and O–H groups in total. The summed E-state index contributed by atoms with van der Waals surface area (Å²) in [6, 6.07) is 3.80. The van der Waals surface area contributed by atoms with Gasteiger partial charge in [0, 0.05) is 0 Å². The predicted octanol–water partition coefficient (Wildman–Crippen LogP) is 0.900. The van der Waals surface area contributed by atoms with E-state index in [0.29, 0.717) is 0 Å². The lowest BCUT2D eigenvalue weighted by Gasteiger charge is -1.94. The Kier molecular flexibility index (Phi) is 3.87. The van der Waals surface area contributed by atoms with Crippen LogP contribution in [-0.4, -0.2) is 27.1 Å². The zero-order chi connectivity index (χ0) is 9.14. The van der Waals surface area contributed by atoms with Crippen LogP contribution in [0.2, 0.25) is 0 Å². The molecule has 0 unspecified atom stereocenters. The maximum atomic E-state index is 10.3. The molecule has 0 bridgehead atoms. The first-order chi connectivity index (χ1) is 5.61. The number of carboxylic acid groups (broad SMARTS) is 2. The molecule has 0 radical (unpaired) electrons. The Morgan fingerprint density at radius 2 is 1.46 bits per heavy atom. The minimum Gasteiger partial charge on any atom is -0.477 e. The number of pyridine rings is 1. The Hall–Kier alpha value is -1.62. The molecule has 6 heteroatoms. The van der Waals surface area contributed by atoms with Crippen LogP contribution in [0.3, 0.4) is 0 Å². The summed E-state index contributed by atoms with van der Waals surface area (Å²) in [6.45, 7) is 0. The molecule has 0 saturated carbocycles. The zero-order valence-corrected chi connectivity index (χ0v) is 7.11. The zero-order valence-electron chi connectivity index (χ0n) is 6.30. The summed E-state index contributed by atoms with van der Waals surface area (Å²) in [7, 11) is 0. The SMILES string of the molecule is Cl.O=C(O)c1cccc(C(=O)O)n1. The van der Waals surface area contributed by atoms with Gasteiger partial charge >= 0.3 is 11.9 Å². The largest absolute Gasteiger partial charge is 0.477 e. The third-order valence-electron chi connectivity index (χ3n) is 1.19. The summed E-state index contributed by atoms with van der Waals surface area (Å²) in [5, 5.41) is 16.9. The number of carboxylic acids is 2. The Balaban J connectivity index is 0.00000144. The highest BCUT2D eigenvalue weighted by Crippen LogP contribution is 1.98. The molecular formula is C7H6ClNO4. The smallest absolute Gasteiger partial charge is 0.354 e. The Morgan fingerprint density at radius 3 is 1.77 bits per heavy atom. The predicted molar refractivity (Wildman–Crippen MR) is 45.4 cm³/mol. The van der Waals surface area contributed by atoms with Crippen molar-refractivity contribution in [1.29, 1.82) is 0 Å². The second-order valence-electron chi connectivity index (χ2n) is 2.02. The monoisotopic (exact) mass is 203 g/mol. The van der Waals surface area contributed by atoms with Gasteiger partial charge in [-0.15, -0.1) is 12.4 Å². The van der Waals surface area contributed by atoms with E-state index in [0.717, 1.165) is 0 Å². The molecule has 70 valence electrons. The third kappa shape index (κ3) is 2.72. The van der Waals surface area contributed by atoms with E-state index in [2.05, 4.69) is 4.98 Å². The molecule has 0 spiro atoms. The second-order valence-corrected chi connectivity index (χ2v) is 2.02. The summed E-state index contributed by atoms with van der Waals surface area (Å²) in [4.78, 5) is 24.0. The van der Waals surface area contributed by atoms with Crippen LogP contribution in [0.5, 0.6) is 0 Å². The van der Waals surface area contributed by atoms with Crippen LogP contribution in [-0.2, 0) is 0 Å². The van der Waals surface area contributed by atoms with E-state index < -0.39 is 11.9 Å². The summed E-state index contributed by atoms with van der Waals surface area (Å²) in [6.07, 6.45) is 0. The van der Waals surface area contributed by atoms with Gasteiger partial charge in [0.05, 0.1) is 0 Å². The fourth-order valence-electron chi connectivity index (χ4n) is 0.673. The van der Waals surface area contributed by atoms with E-state index >= 15 is 0 Å². The van der Waals surface area contributed by atoms with Crippen LogP contribution >= 0.6 is 12.4 Å². The van der Waals surface area contributed by atoms with Crippen molar-refractivity contribution in [3.63, 3.8) is 0 Å². The maximum absolute atomic E-state index is 10.3. The number of rotatable bonds is 2. The van der Waals surface area contributed by atoms with Gasteiger partial charge in [-0.25, -0.2) is 14.6 Å². The van der Waals surface area contributed by atoms with Crippen molar-refractivity contribution in [3.8, 4) is 0 Å². The molecular weight excluding hydrogens is 198 g/mol. The van der Waals surface area contributed by atoms with E-state index in [1.54, 1.807) is 0 Å². The number of aromatic nitrogens is 1. The minimum atomic E-state index is -1.24. The van der Waals surface area contributed by atoms with E-state index in [1.807, 2.05) is 0 Å². The van der Waals surface area contributed by atoms with Gasteiger partial charge in [0.1, 0.15) is 11.4 Å². The van der Waals surface area contributed by atoms with Crippen LogP contribution < -0.4 is 0 Å². The number of nitrogens with zero attached hydrogens (tertiary/aromatic N) is 1. The lowest BCUT2D eigenvalue weighted by Crippen LogP contribution is -2.06. The molecule has 0 amide bonds. The number of hydrogen-bond acceptors (Lipinski definition) is 3. The van der Waals surface area contributed by atoms with Crippen LogP contribution in [0.4, 0.5) is 0 Å². The molecule has 13 heavy (non-hydrogen) atoms. The molecule has 1 heterocycles. The van der Waals surface area contributed by atoms with E-state index in [1.165, 1.54) is 18.2 Å². The molecule has 0 saturated heterocycles. The third-order valence-corrected chi connectivity index (χ3v) is 1.19. The van der Waals surface area contributed by atoms with Crippen molar-refractivity contribution >= 4 is 24.3 Å². The highest BCUT2D eigenvalue weighted by molar-refractivity contribution is 5.89. The lowest BCUT2D eigenvalue weighted by molar-refractivity contribution is 0.0685. The van der Waals surface area contributed by atoms with Crippen molar-refractivity contribution in [2.45, 2.75) is 0 Å². The van der Waals surface area contributed by atoms with E-state index in [4.69, 9.17) is 10.2 Å². The second kappa shape index (κ2) is 4.42. The highest BCUT2D eigenvalue weighted by Gasteiger charge is 2.08. The maximum Gasteiger partial charge on any atom is 0.354 e. The fourth-order valence-corrected chi connectivity index (χ4v) is 0.673. The first-order valence-electron chi connectivity index (χ1n) is 3.05. The average molecular weight is 204 g/mol. The summed E-state index contributed by atoms with van der Waals surface area (Å²) < 4.78 is 0. The molecule has 0 aromatic carbocycles. The number of halogens is 1. The molecule has 0 aliphatic heterocycles. The van der Waals surface area contributed by atoms with Gasteiger partial charge < -0.3 is 10.2 Å². The van der Waals surface area contributed by atoms with Gasteiger partial charge in [-0.1, -0.05) is 6.07 Å². The molecule has 1 rings (SSSR count). The van der Waals surface area contributed by atoms with Gasteiger partial charge in [0.2, 0.25) is 0 Å². The average Bonchev–Trinajstić information content (AvgIpc) is 2.04. The first kappa shape index (κ1) is 11.4. The highest BCUT2D eigenvalue weighted by atomic mass is 35.5. The summed E-state index contributed by atoms with van der Waals surface area (Å²) >= 11 is 0. The van der Waals surface area contributed by atoms with Crippen LogP contribution in [0.15, 0.2) is 18.2 Å². The summed E-state index contributed by atoms with van der Waals surface area (Å²) in [5.74, 6) is -2.48. The normalized spacial score (nSPS) is 8.62. The Morgan fingerprint density at radius 1 is 1.08 bits per heavy atom. The Labute approximate surface area is 79.4 Å². The first-order valence-corrected chi connectivity index (χ1v) is 3.05. The van der Waals surface area contributed by atoms with Gasteiger partial charge in [-0.2, -0.15) is 0 Å². The number of carbonyl (C=O) groups is 2. The van der Waals surface area contributed by atoms with Gasteiger partial charge in [-0.05, 0) is 12.1 Å². The lowest BCUT2D eigenvalue weighted by atomic mass is 10.3. The van der Waals surface area contributed by atoms with Crippen LogP contribution in [0, 0.1) is 0 Å². The number of aromatic carboxylic acids is 2. The van der Waals surface area contributed by atoms with E-state index in [-0.39, 0.29) is 23.8 Å². The van der Waals surface area contributed by atoms with Crippen molar-refractivity contribution in [1.82, 2.24) is 4.98 Å². The van der Waals surface area contributed by atoms with Crippen molar-refractivity contribution in [2.24, 2.45) is 0 Å². The molecule has 0 atom stereocenters. The molecule has 0 aliphatic rings. The summed E-state index contributed by atoms with van der Waals surface area (Å²) in [5.41, 5.74) is -0.537. The Bertz CT molecular complexity index is 310. The molecule has 1 aromatic rings. The molecule has 0 aliphatic carbocycles. The topological polar surface area (TPSA) is 87.5 Å². The van der Waals surface area contributed by atoms with Crippen molar-refractivity contribution < 1.29 is 19.8 Å². The van der Waals surface area contributed by atoms with Crippen molar-refractivity contribution in [3.05, 3.63) is 29.6 Å². The van der Waals surface area contributed by atoms with Gasteiger partial charge in [-0.3, -0.25) is 0 Å². The molecule has 1 aromatic heterocycles. The van der Waals surface area contributed by atoms with Crippen LogP contribution in [0.25, 0.3) is 0 Å². The van der Waals surface area contributed by atoms with Crippen LogP contribution in [0.1, 0.15) is 21.0 Å². The molecule has 0 fully saturated rings. The molecule has 5 nitrogen and oxygen atoms in total. The van der Waals surface area contributed by atoms with Crippen molar-refractivity contribution in [2.75, 3.05) is 0 Å². The van der Waals surface area contributed by atoms with Gasteiger partial charge in [0.25, 0.3) is 0 Å². The number of hydrogen-bond donors (Lipinski definition) is 2. The van der Waals surface area contributed by atoms with Gasteiger partial charge in [0.15, 0.2) is 0 Å².